The lowest BCUT2D eigenvalue weighted by molar-refractivity contribution is -0.111. The third-order valence-corrected chi connectivity index (χ3v) is 3.07. The molecule has 0 unspecified atom stereocenters. The number of aromatic nitrogens is 1. The van der Waals surface area contributed by atoms with Crippen LogP contribution in [0.3, 0.4) is 0 Å². The maximum Gasteiger partial charge on any atom is 0.123 e. The molecule has 0 aromatic carbocycles. The summed E-state index contributed by atoms with van der Waals surface area (Å²) in [6, 6.07) is 6.07. The molecule has 1 aliphatic rings. The summed E-state index contributed by atoms with van der Waals surface area (Å²) >= 11 is 0. The average Bonchev–Trinajstić information content (AvgIpc) is 2.30. The average molecular weight is 189 g/mol. The van der Waals surface area contributed by atoms with Crippen LogP contribution in [0, 0.1) is 5.92 Å². The fraction of sp³-hybridized carbons (Fsp3) is 0.500. The van der Waals surface area contributed by atoms with Crippen molar-refractivity contribution in [3.8, 4) is 0 Å². The van der Waals surface area contributed by atoms with Gasteiger partial charge in [-0.1, -0.05) is 6.07 Å². The van der Waals surface area contributed by atoms with Crippen molar-refractivity contribution in [1.82, 2.24) is 4.98 Å². The molecule has 2 nitrogen and oxygen atoms in total. The van der Waals surface area contributed by atoms with Gasteiger partial charge in [-0.3, -0.25) is 4.98 Å². The van der Waals surface area contributed by atoms with Crippen LogP contribution in [0.5, 0.6) is 0 Å². The lowest BCUT2D eigenvalue weighted by Gasteiger charge is -2.24. The van der Waals surface area contributed by atoms with Gasteiger partial charge in [0.15, 0.2) is 0 Å². The molecule has 0 atom stereocenters. The molecule has 2 heteroatoms. The lowest BCUT2D eigenvalue weighted by atomic mass is 9.81. The summed E-state index contributed by atoms with van der Waals surface area (Å²) in [5, 5.41) is 0. The largest absolute Gasteiger partial charge is 0.303 e. The Labute approximate surface area is 84.4 Å². The second kappa shape index (κ2) is 4.36. The molecule has 0 aliphatic heterocycles. The van der Waals surface area contributed by atoms with E-state index in [-0.39, 0.29) is 0 Å². The minimum absolute atomic E-state index is 0.301. The normalized spacial score (nSPS) is 27.1. The second-order valence-electron chi connectivity index (χ2n) is 4.00. The first-order valence-electron chi connectivity index (χ1n) is 5.26. The standard InChI is InChI=1S/C12H15NO/c14-9-10-4-6-11(7-5-10)12-3-1-2-8-13-12/h1-3,8-11H,4-7H2. The van der Waals surface area contributed by atoms with Gasteiger partial charge in [-0.15, -0.1) is 0 Å². The van der Waals surface area contributed by atoms with Crippen molar-refractivity contribution in [2.45, 2.75) is 31.6 Å². The van der Waals surface area contributed by atoms with Gasteiger partial charge in [0.05, 0.1) is 0 Å². The Morgan fingerprint density at radius 1 is 1.21 bits per heavy atom. The lowest BCUT2D eigenvalue weighted by Crippen LogP contribution is -2.14. The quantitative estimate of drug-likeness (QED) is 0.669. The number of aldehydes is 1. The topological polar surface area (TPSA) is 30.0 Å². The Kier molecular flexibility index (Phi) is 2.92. The van der Waals surface area contributed by atoms with Crippen molar-refractivity contribution >= 4 is 6.29 Å². The summed E-state index contributed by atoms with van der Waals surface area (Å²) in [5.74, 6) is 0.877. The van der Waals surface area contributed by atoms with Crippen molar-refractivity contribution in [2.24, 2.45) is 5.92 Å². The van der Waals surface area contributed by atoms with Gasteiger partial charge in [0.25, 0.3) is 0 Å². The second-order valence-corrected chi connectivity index (χ2v) is 4.00. The van der Waals surface area contributed by atoms with Gasteiger partial charge < -0.3 is 4.79 Å². The van der Waals surface area contributed by atoms with Crippen molar-refractivity contribution < 1.29 is 4.79 Å². The predicted molar refractivity (Wildman–Crippen MR) is 55.0 cm³/mol. The minimum Gasteiger partial charge on any atom is -0.303 e. The molecule has 74 valence electrons. The Morgan fingerprint density at radius 3 is 2.57 bits per heavy atom. The Hall–Kier alpha value is -1.18. The Balaban J connectivity index is 1.99. The highest BCUT2D eigenvalue weighted by Crippen LogP contribution is 2.33. The van der Waals surface area contributed by atoms with Crippen molar-refractivity contribution in [3.05, 3.63) is 30.1 Å². The van der Waals surface area contributed by atoms with E-state index in [2.05, 4.69) is 11.1 Å². The highest BCUT2D eigenvalue weighted by molar-refractivity contribution is 5.53. The first-order chi connectivity index (χ1) is 6.90. The molecule has 1 fully saturated rings. The fourth-order valence-corrected chi connectivity index (χ4v) is 2.17. The van der Waals surface area contributed by atoms with Crippen LogP contribution in [-0.4, -0.2) is 11.3 Å². The van der Waals surface area contributed by atoms with E-state index in [1.807, 2.05) is 18.3 Å². The van der Waals surface area contributed by atoms with E-state index in [0.717, 1.165) is 32.0 Å². The maximum atomic E-state index is 10.6. The van der Waals surface area contributed by atoms with Gasteiger partial charge in [-0.25, -0.2) is 0 Å². The van der Waals surface area contributed by atoms with Crippen LogP contribution in [0.2, 0.25) is 0 Å². The van der Waals surface area contributed by atoms with E-state index in [9.17, 15) is 4.79 Å². The molecule has 0 spiro atoms. The highest BCUT2D eigenvalue weighted by Gasteiger charge is 2.22. The van der Waals surface area contributed by atoms with Crippen molar-refractivity contribution in [1.29, 1.82) is 0 Å². The fourth-order valence-electron chi connectivity index (χ4n) is 2.17. The number of hydrogen-bond acceptors (Lipinski definition) is 2. The number of rotatable bonds is 2. The molecular weight excluding hydrogens is 174 g/mol. The minimum atomic E-state index is 0.301. The number of pyridine rings is 1. The van der Waals surface area contributed by atoms with E-state index >= 15 is 0 Å². The molecule has 14 heavy (non-hydrogen) atoms. The highest BCUT2D eigenvalue weighted by atomic mass is 16.1. The molecule has 1 aromatic rings. The molecule has 1 heterocycles. The summed E-state index contributed by atoms with van der Waals surface area (Å²) in [4.78, 5) is 15.0. The van der Waals surface area contributed by atoms with Crippen LogP contribution < -0.4 is 0 Å². The van der Waals surface area contributed by atoms with Crippen LogP contribution in [0.15, 0.2) is 24.4 Å². The monoisotopic (exact) mass is 189 g/mol. The van der Waals surface area contributed by atoms with Crippen LogP contribution >= 0.6 is 0 Å². The Bertz CT molecular complexity index is 288. The molecule has 1 saturated carbocycles. The molecule has 0 amide bonds. The van der Waals surface area contributed by atoms with Gasteiger partial charge in [0.1, 0.15) is 6.29 Å². The van der Waals surface area contributed by atoms with E-state index in [1.54, 1.807) is 0 Å². The third-order valence-electron chi connectivity index (χ3n) is 3.07. The van der Waals surface area contributed by atoms with Gasteiger partial charge in [-0.2, -0.15) is 0 Å². The molecule has 1 aliphatic carbocycles. The van der Waals surface area contributed by atoms with Crippen LogP contribution in [-0.2, 0) is 4.79 Å². The zero-order chi connectivity index (χ0) is 9.80. The Morgan fingerprint density at radius 2 is 2.00 bits per heavy atom. The maximum absolute atomic E-state index is 10.6. The number of carbonyl (C=O) groups is 1. The summed E-state index contributed by atoms with van der Waals surface area (Å²) in [5.41, 5.74) is 1.19. The van der Waals surface area contributed by atoms with Gasteiger partial charge in [-0.05, 0) is 37.8 Å². The van der Waals surface area contributed by atoms with E-state index < -0.39 is 0 Å². The zero-order valence-electron chi connectivity index (χ0n) is 8.23. The van der Waals surface area contributed by atoms with Crippen molar-refractivity contribution in [2.75, 3.05) is 0 Å². The van der Waals surface area contributed by atoms with Crippen molar-refractivity contribution in [3.63, 3.8) is 0 Å². The molecule has 0 radical (unpaired) electrons. The summed E-state index contributed by atoms with van der Waals surface area (Å²) < 4.78 is 0. The number of hydrogen-bond donors (Lipinski definition) is 0. The van der Waals surface area contributed by atoms with Crippen LogP contribution in [0.1, 0.15) is 37.3 Å². The third kappa shape index (κ3) is 2.00. The van der Waals surface area contributed by atoms with Gasteiger partial charge >= 0.3 is 0 Å². The first-order valence-corrected chi connectivity index (χ1v) is 5.26. The van der Waals surface area contributed by atoms with E-state index in [0.29, 0.717) is 11.8 Å². The summed E-state index contributed by atoms with van der Waals surface area (Å²) in [6.45, 7) is 0. The van der Waals surface area contributed by atoms with Gasteiger partial charge in [0.2, 0.25) is 0 Å². The van der Waals surface area contributed by atoms with E-state index in [4.69, 9.17) is 0 Å². The molecule has 0 bridgehead atoms. The zero-order valence-corrected chi connectivity index (χ0v) is 8.23. The van der Waals surface area contributed by atoms with Gasteiger partial charge in [0, 0.05) is 23.7 Å². The number of carbonyl (C=O) groups excluding carboxylic acids is 1. The predicted octanol–water partition coefficient (Wildman–Crippen LogP) is 2.55. The van der Waals surface area contributed by atoms with Crippen LogP contribution in [0.25, 0.3) is 0 Å². The number of nitrogens with zero attached hydrogens (tertiary/aromatic N) is 1. The van der Waals surface area contributed by atoms with Crippen LogP contribution in [0.4, 0.5) is 0 Å². The smallest absolute Gasteiger partial charge is 0.123 e. The van der Waals surface area contributed by atoms with E-state index in [1.165, 1.54) is 5.69 Å². The SMILES string of the molecule is O=CC1CCC(c2ccccn2)CC1. The molecule has 1 aromatic heterocycles. The summed E-state index contributed by atoms with van der Waals surface area (Å²) in [7, 11) is 0. The molecule has 2 rings (SSSR count). The first kappa shape index (κ1) is 9.38. The summed E-state index contributed by atoms with van der Waals surface area (Å²) in [6.07, 6.45) is 7.24. The molecular formula is C12H15NO. The molecule has 0 saturated heterocycles. The molecule has 0 N–H and O–H groups in total.